The van der Waals surface area contributed by atoms with E-state index >= 15 is 0 Å². The molecule has 0 aliphatic heterocycles. The number of anilines is 1. The normalized spacial score (nSPS) is 10.2. The summed E-state index contributed by atoms with van der Waals surface area (Å²) in [6.45, 7) is 0.367. The predicted octanol–water partition coefficient (Wildman–Crippen LogP) is 0.330. The molecule has 7 heteroatoms. The molecule has 0 aliphatic carbocycles. The second-order valence-electron chi connectivity index (χ2n) is 3.61. The van der Waals surface area contributed by atoms with Gasteiger partial charge in [0, 0.05) is 18.5 Å². The first kappa shape index (κ1) is 11.9. The Kier molecular flexibility index (Phi) is 3.42. The summed E-state index contributed by atoms with van der Waals surface area (Å²) in [7, 11) is 0. The minimum Gasteiger partial charge on any atom is -0.506 e. The molecular formula is C11H12N4O3. The number of nitrogens with zero attached hydrogens (tertiary/aromatic N) is 2. The topological polar surface area (TPSA) is 114 Å². The third kappa shape index (κ3) is 2.76. The molecule has 7 nitrogen and oxygen atoms in total. The van der Waals surface area contributed by atoms with E-state index in [1.807, 2.05) is 0 Å². The number of rotatable bonds is 4. The monoisotopic (exact) mass is 248 g/mol. The Morgan fingerprint density at radius 1 is 1.50 bits per heavy atom. The van der Waals surface area contributed by atoms with Crippen LogP contribution in [-0.4, -0.2) is 27.7 Å². The van der Waals surface area contributed by atoms with Crippen LogP contribution in [0, 0.1) is 0 Å². The lowest BCUT2D eigenvalue weighted by Gasteiger charge is -2.05. The average molecular weight is 248 g/mol. The van der Waals surface area contributed by atoms with Gasteiger partial charge in [-0.2, -0.15) is 4.98 Å². The third-order valence-electron chi connectivity index (χ3n) is 2.32. The van der Waals surface area contributed by atoms with E-state index in [1.165, 1.54) is 24.5 Å². The van der Waals surface area contributed by atoms with Crippen molar-refractivity contribution in [3.63, 3.8) is 0 Å². The maximum atomic E-state index is 11.7. The fourth-order valence-corrected chi connectivity index (χ4v) is 1.38. The number of benzene rings is 1. The van der Waals surface area contributed by atoms with Crippen molar-refractivity contribution >= 4 is 11.6 Å². The van der Waals surface area contributed by atoms with E-state index in [1.54, 1.807) is 0 Å². The highest BCUT2D eigenvalue weighted by molar-refractivity contribution is 5.95. The number of aromatic nitrogens is 2. The van der Waals surface area contributed by atoms with Gasteiger partial charge in [0.05, 0.1) is 5.69 Å². The fraction of sp³-hybridized carbons (Fsp3) is 0.182. The molecule has 1 heterocycles. The number of nitrogen functional groups attached to an aromatic ring is 1. The smallest absolute Gasteiger partial charge is 0.251 e. The SMILES string of the molecule is Nc1ccc(C(=O)NCCc2ncno2)cc1O. The molecule has 0 radical (unpaired) electrons. The highest BCUT2D eigenvalue weighted by Gasteiger charge is 2.08. The number of carbonyl (C=O) groups is 1. The van der Waals surface area contributed by atoms with Crippen molar-refractivity contribution in [2.75, 3.05) is 12.3 Å². The maximum absolute atomic E-state index is 11.7. The Morgan fingerprint density at radius 2 is 2.33 bits per heavy atom. The van der Waals surface area contributed by atoms with Gasteiger partial charge in [-0.1, -0.05) is 5.16 Å². The lowest BCUT2D eigenvalue weighted by atomic mass is 10.2. The summed E-state index contributed by atoms with van der Waals surface area (Å²) >= 11 is 0. The molecular weight excluding hydrogens is 236 g/mol. The summed E-state index contributed by atoms with van der Waals surface area (Å²) in [5, 5.41) is 15.5. The van der Waals surface area contributed by atoms with Crippen molar-refractivity contribution in [2.24, 2.45) is 0 Å². The number of amides is 1. The lowest BCUT2D eigenvalue weighted by Crippen LogP contribution is -2.25. The fourth-order valence-electron chi connectivity index (χ4n) is 1.38. The minimum absolute atomic E-state index is 0.112. The molecule has 1 aromatic heterocycles. The van der Waals surface area contributed by atoms with E-state index in [2.05, 4.69) is 15.5 Å². The van der Waals surface area contributed by atoms with E-state index in [9.17, 15) is 9.90 Å². The zero-order chi connectivity index (χ0) is 13.0. The third-order valence-corrected chi connectivity index (χ3v) is 2.32. The molecule has 0 fully saturated rings. The van der Waals surface area contributed by atoms with E-state index in [0.29, 0.717) is 24.4 Å². The van der Waals surface area contributed by atoms with Crippen LogP contribution in [-0.2, 0) is 6.42 Å². The number of aromatic hydroxyl groups is 1. The molecule has 2 aromatic rings. The summed E-state index contributed by atoms with van der Waals surface area (Å²) in [5.41, 5.74) is 6.02. The van der Waals surface area contributed by atoms with Crippen molar-refractivity contribution in [1.82, 2.24) is 15.5 Å². The molecule has 0 saturated carbocycles. The summed E-state index contributed by atoms with van der Waals surface area (Å²) < 4.78 is 4.79. The zero-order valence-corrected chi connectivity index (χ0v) is 9.46. The maximum Gasteiger partial charge on any atom is 0.251 e. The second-order valence-corrected chi connectivity index (χ2v) is 3.61. The minimum atomic E-state index is -0.301. The molecule has 18 heavy (non-hydrogen) atoms. The highest BCUT2D eigenvalue weighted by atomic mass is 16.5. The molecule has 0 spiro atoms. The Hall–Kier alpha value is -2.57. The molecule has 94 valence electrons. The summed E-state index contributed by atoms with van der Waals surface area (Å²) in [6, 6.07) is 4.33. The molecule has 0 aliphatic rings. The number of nitrogens with two attached hydrogens (primary N) is 1. The molecule has 0 atom stereocenters. The zero-order valence-electron chi connectivity index (χ0n) is 9.46. The first-order valence-electron chi connectivity index (χ1n) is 5.29. The first-order chi connectivity index (χ1) is 8.66. The number of hydrogen-bond donors (Lipinski definition) is 3. The van der Waals surface area contributed by atoms with Gasteiger partial charge in [-0.15, -0.1) is 0 Å². The summed E-state index contributed by atoms with van der Waals surface area (Å²) in [6.07, 6.45) is 1.75. The Bertz CT molecular complexity index is 539. The molecule has 0 saturated heterocycles. The quantitative estimate of drug-likeness (QED) is 0.530. The van der Waals surface area contributed by atoms with Crippen molar-refractivity contribution in [1.29, 1.82) is 0 Å². The van der Waals surface area contributed by atoms with Crippen LogP contribution in [0.1, 0.15) is 16.2 Å². The van der Waals surface area contributed by atoms with E-state index < -0.39 is 0 Å². The van der Waals surface area contributed by atoms with Crippen molar-refractivity contribution in [3.8, 4) is 5.75 Å². The van der Waals surface area contributed by atoms with Crippen LogP contribution in [0.4, 0.5) is 5.69 Å². The van der Waals surface area contributed by atoms with Gasteiger partial charge in [0.15, 0.2) is 6.33 Å². The van der Waals surface area contributed by atoms with Crippen LogP contribution < -0.4 is 11.1 Å². The van der Waals surface area contributed by atoms with Gasteiger partial charge in [0.2, 0.25) is 5.89 Å². The molecule has 0 bridgehead atoms. The van der Waals surface area contributed by atoms with Crippen LogP contribution in [0.15, 0.2) is 29.0 Å². The first-order valence-corrected chi connectivity index (χ1v) is 5.29. The van der Waals surface area contributed by atoms with Crippen LogP contribution in [0.5, 0.6) is 5.75 Å². The number of hydrogen-bond acceptors (Lipinski definition) is 6. The summed E-state index contributed by atoms with van der Waals surface area (Å²) in [4.78, 5) is 15.5. The predicted molar refractivity (Wildman–Crippen MR) is 62.9 cm³/mol. The standard InChI is InChI=1S/C11H12N4O3/c12-8-2-1-7(5-9(8)16)11(17)13-4-3-10-14-6-15-18-10/h1-2,5-6,16H,3-4,12H2,(H,13,17). The van der Waals surface area contributed by atoms with Gasteiger partial charge in [0.1, 0.15) is 5.75 Å². The van der Waals surface area contributed by atoms with Crippen LogP contribution >= 0.6 is 0 Å². The van der Waals surface area contributed by atoms with Gasteiger partial charge >= 0.3 is 0 Å². The van der Waals surface area contributed by atoms with Gasteiger partial charge in [-0.25, -0.2) is 0 Å². The Labute approximate surface area is 103 Å². The van der Waals surface area contributed by atoms with Gasteiger partial charge in [-0.3, -0.25) is 4.79 Å². The van der Waals surface area contributed by atoms with Crippen LogP contribution in [0.25, 0.3) is 0 Å². The molecule has 1 amide bonds. The number of phenols is 1. The molecule has 0 unspecified atom stereocenters. The number of carbonyl (C=O) groups excluding carboxylic acids is 1. The van der Waals surface area contributed by atoms with Gasteiger partial charge in [0.25, 0.3) is 5.91 Å². The largest absolute Gasteiger partial charge is 0.506 e. The molecule has 1 aromatic carbocycles. The lowest BCUT2D eigenvalue weighted by molar-refractivity contribution is 0.0953. The molecule has 2 rings (SSSR count). The van der Waals surface area contributed by atoms with Gasteiger partial charge < -0.3 is 20.7 Å². The van der Waals surface area contributed by atoms with Gasteiger partial charge in [-0.05, 0) is 18.2 Å². The number of nitrogens with one attached hydrogen (secondary N) is 1. The second kappa shape index (κ2) is 5.17. The Morgan fingerprint density at radius 3 is 3.00 bits per heavy atom. The van der Waals surface area contributed by atoms with Crippen molar-refractivity contribution in [2.45, 2.75) is 6.42 Å². The van der Waals surface area contributed by atoms with E-state index in [0.717, 1.165) is 0 Å². The van der Waals surface area contributed by atoms with E-state index in [-0.39, 0.29) is 17.3 Å². The number of phenolic OH excluding ortho intramolecular Hbond substituents is 1. The van der Waals surface area contributed by atoms with Crippen molar-refractivity contribution < 1.29 is 14.4 Å². The van der Waals surface area contributed by atoms with E-state index in [4.69, 9.17) is 10.3 Å². The van der Waals surface area contributed by atoms with Crippen molar-refractivity contribution in [3.05, 3.63) is 36.0 Å². The Balaban J connectivity index is 1.89. The summed E-state index contributed by atoms with van der Waals surface area (Å²) in [5.74, 6) is 0.0415. The van der Waals surface area contributed by atoms with Crippen LogP contribution in [0.3, 0.4) is 0 Å². The highest BCUT2D eigenvalue weighted by Crippen LogP contribution is 2.20. The average Bonchev–Trinajstić information content (AvgIpc) is 2.85. The molecule has 4 N–H and O–H groups in total. The van der Waals surface area contributed by atoms with Crippen LogP contribution in [0.2, 0.25) is 0 Å².